The Morgan fingerprint density at radius 3 is 2.47 bits per heavy atom. The van der Waals surface area contributed by atoms with Crippen molar-refractivity contribution in [1.82, 2.24) is 10.2 Å². The van der Waals surface area contributed by atoms with E-state index in [4.69, 9.17) is 4.74 Å². The number of rotatable bonds is 9. The summed E-state index contributed by atoms with van der Waals surface area (Å²) in [6.07, 6.45) is 7.35. The molecular formula is C16H34N2O. The number of nitrogens with zero attached hydrogens (tertiary/aromatic N) is 1. The fourth-order valence-corrected chi connectivity index (χ4v) is 3.18. The molecule has 0 aromatic carbocycles. The zero-order valence-electron chi connectivity index (χ0n) is 13.5. The van der Waals surface area contributed by atoms with Gasteiger partial charge in [-0.3, -0.25) is 0 Å². The highest BCUT2D eigenvalue weighted by Gasteiger charge is 2.32. The minimum Gasteiger partial charge on any atom is -0.377 e. The molecule has 1 fully saturated rings. The van der Waals surface area contributed by atoms with Crippen LogP contribution in [-0.2, 0) is 4.74 Å². The van der Waals surface area contributed by atoms with Crippen molar-refractivity contribution in [2.75, 3.05) is 39.8 Å². The number of nitrogens with one attached hydrogen (secondary N) is 1. The molecule has 19 heavy (non-hydrogen) atoms. The minimum atomic E-state index is 0.346. The second-order valence-corrected chi connectivity index (χ2v) is 6.50. The number of ether oxygens (including phenoxy) is 1. The van der Waals surface area contributed by atoms with Crippen molar-refractivity contribution in [3.8, 4) is 0 Å². The lowest BCUT2D eigenvalue weighted by Crippen LogP contribution is -2.45. The molecule has 1 rings (SSSR count). The molecule has 0 aromatic rings. The molecule has 0 spiro atoms. The van der Waals surface area contributed by atoms with Crippen LogP contribution in [-0.4, -0.2) is 50.8 Å². The average molecular weight is 270 g/mol. The van der Waals surface area contributed by atoms with Crippen molar-refractivity contribution in [2.45, 2.75) is 59.0 Å². The summed E-state index contributed by atoms with van der Waals surface area (Å²) >= 11 is 0. The smallest absolute Gasteiger partial charge is 0.0596 e. The molecule has 0 unspecified atom stereocenters. The molecular weight excluding hydrogens is 236 g/mol. The van der Waals surface area contributed by atoms with Crippen molar-refractivity contribution in [1.29, 1.82) is 0 Å². The summed E-state index contributed by atoms with van der Waals surface area (Å²) in [7, 11) is 2.24. The molecule has 1 N–H and O–H groups in total. The summed E-state index contributed by atoms with van der Waals surface area (Å²) in [5, 5.41) is 3.58. The zero-order chi connectivity index (χ0) is 14.1. The van der Waals surface area contributed by atoms with E-state index in [-0.39, 0.29) is 0 Å². The van der Waals surface area contributed by atoms with Crippen LogP contribution in [0.3, 0.4) is 0 Å². The van der Waals surface area contributed by atoms with Crippen LogP contribution in [0.5, 0.6) is 0 Å². The van der Waals surface area contributed by atoms with Gasteiger partial charge < -0.3 is 15.0 Å². The molecule has 0 aliphatic heterocycles. The highest BCUT2D eigenvalue weighted by Crippen LogP contribution is 2.36. The standard InChI is InChI=1S/C16H34N2O/c1-5-17-13-16(9-7-6-8-10-16)14-18(4)11-12-19-15(2)3/h15,17H,5-14H2,1-4H3. The average Bonchev–Trinajstić information content (AvgIpc) is 2.37. The van der Waals surface area contributed by atoms with E-state index in [2.05, 4.69) is 38.0 Å². The lowest BCUT2D eigenvalue weighted by molar-refractivity contribution is 0.0477. The Bertz CT molecular complexity index is 225. The summed E-state index contributed by atoms with van der Waals surface area (Å²) in [6, 6.07) is 0. The third-order valence-electron chi connectivity index (χ3n) is 4.19. The first-order valence-electron chi connectivity index (χ1n) is 8.09. The van der Waals surface area contributed by atoms with Crippen molar-refractivity contribution in [2.24, 2.45) is 5.41 Å². The number of likely N-dealkylation sites (N-methyl/N-ethyl adjacent to an activating group) is 1. The van der Waals surface area contributed by atoms with Gasteiger partial charge in [-0.15, -0.1) is 0 Å². The van der Waals surface area contributed by atoms with Gasteiger partial charge in [0.2, 0.25) is 0 Å². The Labute approximate surface area is 120 Å². The van der Waals surface area contributed by atoms with E-state index in [1.165, 1.54) is 45.2 Å². The molecule has 0 bridgehead atoms. The van der Waals surface area contributed by atoms with Crippen LogP contribution >= 0.6 is 0 Å². The van der Waals surface area contributed by atoms with Crippen LogP contribution in [0.2, 0.25) is 0 Å². The van der Waals surface area contributed by atoms with Crippen molar-refractivity contribution in [3.05, 3.63) is 0 Å². The molecule has 114 valence electrons. The highest BCUT2D eigenvalue weighted by molar-refractivity contribution is 4.87. The monoisotopic (exact) mass is 270 g/mol. The Morgan fingerprint density at radius 2 is 1.89 bits per heavy atom. The van der Waals surface area contributed by atoms with Gasteiger partial charge in [0.25, 0.3) is 0 Å². The quantitative estimate of drug-likeness (QED) is 0.697. The van der Waals surface area contributed by atoms with E-state index in [0.29, 0.717) is 11.5 Å². The lowest BCUT2D eigenvalue weighted by Gasteiger charge is -2.40. The van der Waals surface area contributed by atoms with E-state index < -0.39 is 0 Å². The molecule has 0 amide bonds. The van der Waals surface area contributed by atoms with Gasteiger partial charge in [-0.25, -0.2) is 0 Å². The molecule has 0 aromatic heterocycles. The predicted octanol–water partition coefficient (Wildman–Crippen LogP) is 2.90. The van der Waals surface area contributed by atoms with Gasteiger partial charge >= 0.3 is 0 Å². The summed E-state index contributed by atoms with van der Waals surface area (Å²) in [4.78, 5) is 2.46. The first-order valence-corrected chi connectivity index (χ1v) is 8.09. The van der Waals surface area contributed by atoms with E-state index in [0.717, 1.165) is 19.7 Å². The van der Waals surface area contributed by atoms with Gasteiger partial charge in [0.15, 0.2) is 0 Å². The first-order chi connectivity index (χ1) is 9.08. The van der Waals surface area contributed by atoms with E-state index in [1.807, 2.05) is 0 Å². The molecule has 1 aliphatic rings. The van der Waals surface area contributed by atoms with Crippen LogP contribution in [0.15, 0.2) is 0 Å². The third kappa shape index (κ3) is 6.73. The molecule has 0 atom stereocenters. The van der Waals surface area contributed by atoms with Crippen LogP contribution in [0.25, 0.3) is 0 Å². The lowest BCUT2D eigenvalue weighted by atomic mass is 9.73. The Balaban J connectivity index is 2.37. The maximum absolute atomic E-state index is 5.66. The zero-order valence-corrected chi connectivity index (χ0v) is 13.5. The molecule has 1 saturated carbocycles. The van der Waals surface area contributed by atoms with Crippen molar-refractivity contribution < 1.29 is 4.74 Å². The fourth-order valence-electron chi connectivity index (χ4n) is 3.18. The third-order valence-corrected chi connectivity index (χ3v) is 4.19. The molecule has 3 heteroatoms. The van der Waals surface area contributed by atoms with Crippen LogP contribution in [0.4, 0.5) is 0 Å². The predicted molar refractivity (Wildman–Crippen MR) is 82.6 cm³/mol. The molecule has 0 saturated heterocycles. The SMILES string of the molecule is CCNCC1(CN(C)CCOC(C)C)CCCCC1. The fraction of sp³-hybridized carbons (Fsp3) is 1.00. The topological polar surface area (TPSA) is 24.5 Å². The second kappa shape index (κ2) is 8.93. The van der Waals surface area contributed by atoms with Gasteiger partial charge in [-0.1, -0.05) is 26.2 Å². The van der Waals surface area contributed by atoms with Gasteiger partial charge in [0.05, 0.1) is 12.7 Å². The van der Waals surface area contributed by atoms with Crippen LogP contribution in [0.1, 0.15) is 52.9 Å². The molecule has 1 aliphatic carbocycles. The van der Waals surface area contributed by atoms with Crippen LogP contribution < -0.4 is 5.32 Å². The number of hydrogen-bond donors (Lipinski definition) is 1. The number of hydrogen-bond acceptors (Lipinski definition) is 3. The van der Waals surface area contributed by atoms with Gasteiger partial charge in [-0.05, 0) is 45.7 Å². The largest absolute Gasteiger partial charge is 0.377 e. The normalized spacial score (nSPS) is 19.3. The van der Waals surface area contributed by atoms with E-state index >= 15 is 0 Å². The molecule has 0 radical (unpaired) electrons. The van der Waals surface area contributed by atoms with Crippen molar-refractivity contribution >= 4 is 0 Å². The van der Waals surface area contributed by atoms with Gasteiger partial charge in [-0.2, -0.15) is 0 Å². The van der Waals surface area contributed by atoms with E-state index in [9.17, 15) is 0 Å². The van der Waals surface area contributed by atoms with Crippen molar-refractivity contribution in [3.63, 3.8) is 0 Å². The Kier molecular flexibility index (Phi) is 7.96. The van der Waals surface area contributed by atoms with Gasteiger partial charge in [0.1, 0.15) is 0 Å². The second-order valence-electron chi connectivity index (χ2n) is 6.50. The Hall–Kier alpha value is -0.120. The molecule has 3 nitrogen and oxygen atoms in total. The van der Waals surface area contributed by atoms with Gasteiger partial charge in [0, 0.05) is 19.6 Å². The summed E-state index contributed by atoms with van der Waals surface area (Å²) in [5.74, 6) is 0. The van der Waals surface area contributed by atoms with E-state index in [1.54, 1.807) is 0 Å². The Morgan fingerprint density at radius 1 is 1.21 bits per heavy atom. The maximum Gasteiger partial charge on any atom is 0.0596 e. The minimum absolute atomic E-state index is 0.346. The first kappa shape index (κ1) is 16.9. The summed E-state index contributed by atoms with van der Waals surface area (Å²) < 4.78 is 5.66. The molecule has 0 heterocycles. The van der Waals surface area contributed by atoms with Crippen LogP contribution in [0, 0.1) is 5.41 Å². The summed E-state index contributed by atoms with van der Waals surface area (Å²) in [5.41, 5.74) is 0.501. The highest BCUT2D eigenvalue weighted by atomic mass is 16.5. The maximum atomic E-state index is 5.66. The summed E-state index contributed by atoms with van der Waals surface area (Å²) in [6.45, 7) is 11.8.